The fourth-order valence-electron chi connectivity index (χ4n) is 2.57. The van der Waals surface area contributed by atoms with E-state index < -0.39 is 0 Å². The van der Waals surface area contributed by atoms with Crippen LogP contribution < -0.4 is 5.32 Å². The van der Waals surface area contributed by atoms with Crippen LogP contribution in [0.25, 0.3) is 0 Å². The highest BCUT2D eigenvalue weighted by Crippen LogP contribution is 2.39. The van der Waals surface area contributed by atoms with Crippen molar-refractivity contribution in [2.24, 2.45) is 0 Å². The summed E-state index contributed by atoms with van der Waals surface area (Å²) in [5, 5.41) is 4.22. The molecule has 0 spiro atoms. The Labute approximate surface area is 131 Å². The quantitative estimate of drug-likeness (QED) is 0.756. The van der Waals surface area contributed by atoms with Gasteiger partial charge >= 0.3 is 0 Å². The van der Waals surface area contributed by atoms with Crippen molar-refractivity contribution >= 4 is 33.2 Å². The maximum absolute atomic E-state index is 12.9. The van der Waals surface area contributed by atoms with E-state index in [1.165, 1.54) is 17.7 Å². The minimum atomic E-state index is -0.175. The zero-order valence-electron chi connectivity index (χ0n) is 10.7. The normalized spacial score (nSPS) is 21.4. The summed E-state index contributed by atoms with van der Waals surface area (Å²) in [6, 6.07) is 13.0. The van der Waals surface area contributed by atoms with Gasteiger partial charge in [-0.3, -0.25) is 0 Å². The van der Waals surface area contributed by atoms with Crippen LogP contribution in [0.1, 0.15) is 24.3 Å². The Balaban J connectivity index is 1.60. The Bertz CT molecular complexity index is 608. The first-order chi connectivity index (χ1) is 9.61. The molecule has 20 heavy (non-hydrogen) atoms. The van der Waals surface area contributed by atoms with Gasteiger partial charge in [0.25, 0.3) is 0 Å². The molecule has 1 aliphatic rings. The molecule has 0 unspecified atom stereocenters. The summed E-state index contributed by atoms with van der Waals surface area (Å²) in [6.45, 7) is 0. The Morgan fingerprint density at radius 2 is 1.80 bits per heavy atom. The third-order valence-electron chi connectivity index (χ3n) is 3.77. The van der Waals surface area contributed by atoms with Crippen LogP contribution in [0.15, 0.2) is 46.9 Å². The van der Waals surface area contributed by atoms with Crippen LogP contribution in [-0.4, -0.2) is 6.04 Å². The number of nitrogens with one attached hydrogen (secondary N) is 1. The lowest BCUT2D eigenvalue weighted by Gasteiger charge is -2.37. The molecule has 0 aromatic heterocycles. The molecule has 0 saturated heterocycles. The molecule has 1 saturated carbocycles. The molecule has 0 heterocycles. The molecule has 0 aliphatic heterocycles. The van der Waals surface area contributed by atoms with E-state index in [2.05, 4.69) is 21.2 Å². The molecule has 2 aromatic rings. The maximum Gasteiger partial charge on any atom is 0.123 e. The van der Waals surface area contributed by atoms with E-state index >= 15 is 0 Å². The molecule has 1 fully saturated rings. The fraction of sp³-hybridized carbons (Fsp3) is 0.250. The van der Waals surface area contributed by atoms with Gasteiger partial charge < -0.3 is 5.32 Å². The van der Waals surface area contributed by atoms with Gasteiger partial charge in [-0.1, -0.05) is 23.7 Å². The summed E-state index contributed by atoms with van der Waals surface area (Å²) in [6.07, 6.45) is 2.12. The predicted octanol–water partition coefficient (Wildman–Crippen LogP) is 5.60. The van der Waals surface area contributed by atoms with Crippen LogP contribution in [0.3, 0.4) is 0 Å². The van der Waals surface area contributed by atoms with Crippen LogP contribution in [0.2, 0.25) is 5.02 Å². The van der Waals surface area contributed by atoms with Gasteiger partial charge in [0.2, 0.25) is 0 Å². The zero-order chi connectivity index (χ0) is 14.1. The second-order valence-corrected chi connectivity index (χ2v) is 6.48. The van der Waals surface area contributed by atoms with Crippen molar-refractivity contribution in [3.63, 3.8) is 0 Å². The minimum absolute atomic E-state index is 0.175. The van der Waals surface area contributed by atoms with Gasteiger partial charge in [0.15, 0.2) is 0 Å². The lowest BCUT2D eigenvalue weighted by Crippen LogP contribution is -2.34. The highest BCUT2D eigenvalue weighted by molar-refractivity contribution is 9.10. The highest BCUT2D eigenvalue weighted by Gasteiger charge is 2.30. The second-order valence-electron chi connectivity index (χ2n) is 5.19. The summed E-state index contributed by atoms with van der Waals surface area (Å²) in [7, 11) is 0. The number of anilines is 1. The molecule has 3 rings (SSSR count). The third-order valence-corrected chi connectivity index (χ3v) is 4.69. The van der Waals surface area contributed by atoms with E-state index in [1.807, 2.05) is 30.3 Å². The second kappa shape index (κ2) is 5.74. The first-order valence-corrected chi connectivity index (χ1v) is 7.76. The first-order valence-electron chi connectivity index (χ1n) is 6.59. The number of rotatable bonds is 3. The molecule has 4 heteroatoms. The van der Waals surface area contributed by atoms with Gasteiger partial charge in [-0.25, -0.2) is 4.39 Å². The Kier molecular flexibility index (Phi) is 3.99. The average molecular weight is 355 g/mol. The Morgan fingerprint density at radius 3 is 2.50 bits per heavy atom. The molecule has 0 atom stereocenters. The summed E-state index contributed by atoms with van der Waals surface area (Å²) in [4.78, 5) is 0. The fourth-order valence-corrected chi connectivity index (χ4v) is 3.10. The van der Waals surface area contributed by atoms with Crippen molar-refractivity contribution in [1.29, 1.82) is 0 Å². The van der Waals surface area contributed by atoms with Crippen LogP contribution in [0.4, 0.5) is 10.1 Å². The van der Waals surface area contributed by atoms with Crippen molar-refractivity contribution < 1.29 is 4.39 Å². The zero-order valence-corrected chi connectivity index (χ0v) is 13.1. The Morgan fingerprint density at radius 1 is 1.10 bits per heavy atom. The molecule has 1 N–H and O–H groups in total. The lowest BCUT2D eigenvalue weighted by molar-refractivity contribution is 0.374. The number of hydrogen-bond acceptors (Lipinski definition) is 1. The minimum Gasteiger partial charge on any atom is -0.381 e. The van der Waals surface area contributed by atoms with E-state index in [0.29, 0.717) is 12.0 Å². The van der Waals surface area contributed by atoms with Crippen molar-refractivity contribution in [3.8, 4) is 0 Å². The van der Waals surface area contributed by atoms with Crippen LogP contribution in [-0.2, 0) is 0 Å². The first kappa shape index (κ1) is 13.9. The topological polar surface area (TPSA) is 12.0 Å². The summed E-state index contributed by atoms with van der Waals surface area (Å²) < 4.78 is 13.9. The predicted molar refractivity (Wildman–Crippen MR) is 84.9 cm³/mol. The van der Waals surface area contributed by atoms with E-state index in [4.69, 9.17) is 11.6 Å². The standard InChI is InChI=1S/C16H14BrClFN/c17-15-6-3-12(18)9-16(15)20-14-7-11(8-14)10-1-4-13(19)5-2-10/h1-6,9,11,14,20H,7-8H2. The number of halogens is 3. The van der Waals surface area contributed by atoms with E-state index in [9.17, 15) is 4.39 Å². The van der Waals surface area contributed by atoms with Gasteiger partial charge in [0.05, 0.1) is 5.69 Å². The summed E-state index contributed by atoms with van der Waals surface area (Å²) in [5.41, 5.74) is 2.25. The Hall–Kier alpha value is -1.06. The lowest BCUT2D eigenvalue weighted by atomic mass is 9.76. The summed E-state index contributed by atoms with van der Waals surface area (Å²) >= 11 is 9.52. The number of hydrogen-bond donors (Lipinski definition) is 1. The van der Waals surface area contributed by atoms with Crippen LogP contribution in [0, 0.1) is 5.82 Å². The summed E-state index contributed by atoms with van der Waals surface area (Å²) in [5.74, 6) is 0.344. The van der Waals surface area contributed by atoms with Crippen LogP contribution in [0.5, 0.6) is 0 Å². The third kappa shape index (κ3) is 2.99. The average Bonchev–Trinajstić information content (AvgIpc) is 2.39. The van der Waals surface area contributed by atoms with E-state index in [0.717, 1.165) is 28.0 Å². The number of benzene rings is 2. The molecule has 0 amide bonds. The SMILES string of the molecule is Fc1ccc(C2CC(Nc3cc(Cl)ccc3Br)C2)cc1. The molecular formula is C16H14BrClFN. The van der Waals surface area contributed by atoms with Crippen molar-refractivity contribution in [2.75, 3.05) is 5.32 Å². The molecule has 2 aromatic carbocycles. The van der Waals surface area contributed by atoms with Crippen LogP contribution >= 0.6 is 27.5 Å². The molecule has 104 valence electrons. The van der Waals surface area contributed by atoms with Crippen molar-refractivity contribution in [1.82, 2.24) is 0 Å². The smallest absolute Gasteiger partial charge is 0.123 e. The molecule has 0 radical (unpaired) electrons. The maximum atomic E-state index is 12.9. The van der Waals surface area contributed by atoms with Gasteiger partial charge in [-0.05, 0) is 70.6 Å². The molecule has 1 nitrogen and oxygen atoms in total. The van der Waals surface area contributed by atoms with Crippen molar-refractivity contribution in [2.45, 2.75) is 24.8 Å². The van der Waals surface area contributed by atoms with E-state index in [-0.39, 0.29) is 5.82 Å². The van der Waals surface area contributed by atoms with Gasteiger partial charge in [0.1, 0.15) is 5.82 Å². The monoisotopic (exact) mass is 353 g/mol. The molecule has 0 bridgehead atoms. The van der Waals surface area contributed by atoms with Gasteiger partial charge in [-0.2, -0.15) is 0 Å². The van der Waals surface area contributed by atoms with Crippen molar-refractivity contribution in [3.05, 3.63) is 63.3 Å². The van der Waals surface area contributed by atoms with Gasteiger partial charge in [0, 0.05) is 15.5 Å². The van der Waals surface area contributed by atoms with Gasteiger partial charge in [-0.15, -0.1) is 0 Å². The van der Waals surface area contributed by atoms with E-state index in [1.54, 1.807) is 0 Å². The molecule has 1 aliphatic carbocycles. The molecular weight excluding hydrogens is 341 g/mol. The highest BCUT2D eigenvalue weighted by atomic mass is 79.9. The largest absolute Gasteiger partial charge is 0.381 e.